The summed E-state index contributed by atoms with van der Waals surface area (Å²) in [5, 5.41) is 0.303. The van der Waals surface area contributed by atoms with Gasteiger partial charge in [0.05, 0.1) is 15.7 Å². The molecule has 0 radical (unpaired) electrons. The fraction of sp³-hybridized carbons (Fsp3) is 0. The molecule has 0 saturated heterocycles. The Morgan fingerprint density at radius 3 is 2.65 bits per heavy atom. The van der Waals surface area contributed by atoms with Gasteiger partial charge in [-0.05, 0) is 24.3 Å². The van der Waals surface area contributed by atoms with Crippen LogP contribution in [0.4, 0.5) is 0 Å². The molecule has 0 bridgehead atoms. The predicted octanol–water partition coefficient (Wildman–Crippen LogP) is 3.36. The highest BCUT2D eigenvalue weighted by Gasteiger charge is 2.21. The molecule has 1 aromatic carbocycles. The van der Waals surface area contributed by atoms with Crippen molar-refractivity contribution in [1.82, 2.24) is 9.97 Å². The molecule has 0 fully saturated rings. The van der Waals surface area contributed by atoms with E-state index in [4.69, 9.17) is 16.0 Å². The SMILES string of the molecule is O=S(=O)(Sc1nc2ccccc2o1)c1ccc(Cl)nc1. The van der Waals surface area contributed by atoms with Gasteiger partial charge >= 0.3 is 0 Å². The lowest BCUT2D eigenvalue weighted by atomic mass is 10.3. The first kappa shape index (κ1) is 13.4. The smallest absolute Gasteiger partial charge is 0.272 e. The van der Waals surface area contributed by atoms with Gasteiger partial charge in [0, 0.05) is 6.20 Å². The molecule has 0 aliphatic rings. The van der Waals surface area contributed by atoms with E-state index in [1.54, 1.807) is 24.3 Å². The van der Waals surface area contributed by atoms with Crippen molar-refractivity contribution in [3.63, 3.8) is 0 Å². The topological polar surface area (TPSA) is 73.1 Å². The van der Waals surface area contributed by atoms with Gasteiger partial charge in [0.1, 0.15) is 10.7 Å². The number of rotatable bonds is 3. The molecule has 3 rings (SSSR count). The van der Waals surface area contributed by atoms with Gasteiger partial charge < -0.3 is 4.42 Å². The normalized spacial score (nSPS) is 11.8. The zero-order valence-electron chi connectivity index (χ0n) is 9.86. The Kier molecular flexibility index (Phi) is 3.41. The van der Waals surface area contributed by atoms with Gasteiger partial charge in [-0.15, -0.1) is 0 Å². The lowest BCUT2D eigenvalue weighted by molar-refractivity contribution is 0.490. The minimum Gasteiger partial charge on any atom is -0.431 e. The maximum absolute atomic E-state index is 12.2. The number of hydrogen-bond acceptors (Lipinski definition) is 6. The summed E-state index contributed by atoms with van der Waals surface area (Å²) in [6.07, 6.45) is 1.20. The average Bonchev–Trinajstić information content (AvgIpc) is 2.80. The Labute approximate surface area is 123 Å². The molecule has 0 atom stereocenters. The van der Waals surface area contributed by atoms with E-state index in [2.05, 4.69) is 9.97 Å². The van der Waals surface area contributed by atoms with Crippen LogP contribution < -0.4 is 0 Å². The third-order valence-electron chi connectivity index (χ3n) is 2.44. The fourth-order valence-electron chi connectivity index (χ4n) is 1.54. The van der Waals surface area contributed by atoms with Crippen LogP contribution in [0.5, 0.6) is 0 Å². The number of pyridine rings is 1. The molecule has 20 heavy (non-hydrogen) atoms. The van der Waals surface area contributed by atoms with Gasteiger partial charge in [-0.3, -0.25) is 0 Å². The van der Waals surface area contributed by atoms with Crippen LogP contribution in [-0.2, 0) is 8.87 Å². The van der Waals surface area contributed by atoms with E-state index >= 15 is 0 Å². The highest BCUT2D eigenvalue weighted by atomic mass is 35.5. The van der Waals surface area contributed by atoms with Crippen molar-refractivity contribution in [3.8, 4) is 0 Å². The van der Waals surface area contributed by atoms with Crippen molar-refractivity contribution in [3.05, 3.63) is 47.7 Å². The third-order valence-corrected chi connectivity index (χ3v) is 5.69. The van der Waals surface area contributed by atoms with Crippen LogP contribution in [0.3, 0.4) is 0 Å². The van der Waals surface area contributed by atoms with Crippen molar-refractivity contribution in [2.45, 2.75) is 10.1 Å². The number of fused-ring (bicyclic) bond motifs is 1. The molecule has 0 spiro atoms. The molecule has 0 unspecified atom stereocenters. The number of aromatic nitrogens is 2. The van der Waals surface area contributed by atoms with Crippen LogP contribution in [-0.4, -0.2) is 18.4 Å². The maximum Gasteiger partial charge on any atom is 0.272 e. The van der Waals surface area contributed by atoms with Crippen LogP contribution in [0.1, 0.15) is 0 Å². The zero-order valence-corrected chi connectivity index (χ0v) is 12.2. The molecule has 0 saturated carbocycles. The van der Waals surface area contributed by atoms with Crippen molar-refractivity contribution >= 4 is 42.4 Å². The molecule has 0 N–H and O–H groups in total. The fourth-order valence-corrected chi connectivity index (χ4v) is 3.97. The second-order valence-electron chi connectivity index (χ2n) is 3.80. The Morgan fingerprint density at radius 2 is 1.95 bits per heavy atom. The van der Waals surface area contributed by atoms with Gasteiger partial charge in [0.15, 0.2) is 5.58 Å². The highest BCUT2D eigenvalue weighted by Crippen LogP contribution is 2.32. The Morgan fingerprint density at radius 1 is 1.15 bits per heavy atom. The number of benzene rings is 1. The number of halogens is 1. The Balaban J connectivity index is 1.94. The summed E-state index contributed by atoms with van der Waals surface area (Å²) < 4.78 is 29.7. The van der Waals surface area contributed by atoms with Crippen molar-refractivity contribution in [1.29, 1.82) is 0 Å². The number of para-hydroxylation sites is 2. The first-order valence-electron chi connectivity index (χ1n) is 5.46. The number of hydrogen-bond donors (Lipinski definition) is 0. The zero-order chi connectivity index (χ0) is 14.2. The van der Waals surface area contributed by atoms with Gasteiger partial charge in [-0.2, -0.15) is 0 Å². The molecule has 102 valence electrons. The predicted molar refractivity (Wildman–Crippen MR) is 76.3 cm³/mol. The van der Waals surface area contributed by atoms with Crippen LogP contribution in [0.2, 0.25) is 5.15 Å². The number of nitrogens with zero attached hydrogens (tertiary/aromatic N) is 2. The molecular weight excluding hydrogens is 320 g/mol. The average molecular weight is 327 g/mol. The summed E-state index contributed by atoms with van der Waals surface area (Å²) in [4.78, 5) is 7.91. The molecule has 8 heteroatoms. The molecule has 0 aliphatic heterocycles. The van der Waals surface area contributed by atoms with E-state index in [9.17, 15) is 8.42 Å². The molecule has 2 aromatic heterocycles. The summed E-state index contributed by atoms with van der Waals surface area (Å²) in [5.74, 6) is 0. The molecule has 0 aliphatic carbocycles. The largest absolute Gasteiger partial charge is 0.431 e. The second-order valence-corrected chi connectivity index (χ2v) is 7.90. The van der Waals surface area contributed by atoms with Crippen molar-refractivity contribution < 1.29 is 12.8 Å². The third kappa shape index (κ3) is 2.65. The van der Waals surface area contributed by atoms with Crippen LogP contribution in [0.25, 0.3) is 11.1 Å². The van der Waals surface area contributed by atoms with Gasteiger partial charge in [0.2, 0.25) is 8.87 Å². The van der Waals surface area contributed by atoms with Crippen molar-refractivity contribution in [2.24, 2.45) is 0 Å². The maximum atomic E-state index is 12.2. The van der Waals surface area contributed by atoms with Crippen LogP contribution in [0.15, 0.2) is 57.1 Å². The standard InChI is InChI=1S/C12H7ClN2O3S2/c13-11-6-5-8(7-14-11)20(16,17)19-12-15-9-3-1-2-4-10(9)18-12/h1-7H. The summed E-state index contributed by atoms with van der Waals surface area (Å²) in [6, 6.07) is 9.88. The van der Waals surface area contributed by atoms with E-state index in [0.717, 1.165) is 0 Å². The first-order valence-corrected chi connectivity index (χ1v) is 8.66. The molecule has 0 amide bonds. The minimum atomic E-state index is -3.64. The quantitative estimate of drug-likeness (QED) is 0.543. The number of oxazole rings is 1. The molecule has 2 heterocycles. The molecular formula is C12H7ClN2O3S2. The molecule has 3 aromatic rings. The summed E-state index contributed by atoms with van der Waals surface area (Å²) in [7, 11) is -3.10. The van der Waals surface area contributed by atoms with E-state index in [1.807, 2.05) is 0 Å². The van der Waals surface area contributed by atoms with Crippen molar-refractivity contribution in [2.75, 3.05) is 0 Å². The van der Waals surface area contributed by atoms with E-state index in [1.165, 1.54) is 18.3 Å². The second kappa shape index (κ2) is 5.08. The summed E-state index contributed by atoms with van der Waals surface area (Å²) >= 11 is 5.63. The summed E-state index contributed by atoms with van der Waals surface area (Å²) in [5.41, 5.74) is 1.15. The monoisotopic (exact) mass is 326 g/mol. The first-order chi connectivity index (χ1) is 9.54. The molecule has 5 nitrogen and oxygen atoms in total. The van der Waals surface area contributed by atoms with Gasteiger partial charge in [-0.1, -0.05) is 23.7 Å². The van der Waals surface area contributed by atoms with Gasteiger partial charge in [-0.25, -0.2) is 18.4 Å². The van der Waals surface area contributed by atoms with E-state index in [-0.39, 0.29) is 15.3 Å². The lowest BCUT2D eigenvalue weighted by Crippen LogP contribution is -1.95. The Bertz CT molecular complexity index is 827. The Hall–Kier alpha value is -1.57. The van der Waals surface area contributed by atoms with Crippen LogP contribution >= 0.6 is 22.4 Å². The minimum absolute atomic E-state index is 0.0501. The lowest BCUT2D eigenvalue weighted by Gasteiger charge is -1.99. The summed E-state index contributed by atoms with van der Waals surface area (Å²) in [6.45, 7) is 0. The van der Waals surface area contributed by atoms with E-state index < -0.39 is 8.87 Å². The van der Waals surface area contributed by atoms with Crippen LogP contribution in [0, 0.1) is 0 Å². The highest BCUT2D eigenvalue weighted by molar-refractivity contribution is 8.72. The van der Waals surface area contributed by atoms with E-state index in [0.29, 0.717) is 21.9 Å². The van der Waals surface area contributed by atoms with Gasteiger partial charge in [0.25, 0.3) is 5.22 Å².